The molecule has 2 fully saturated rings. The fourth-order valence-corrected chi connectivity index (χ4v) is 4.13. The number of carbonyl (C=O) groups is 3. The molecular formula is C24H60F2O11S10. The summed E-state index contributed by atoms with van der Waals surface area (Å²) in [6.45, 7) is 10.6. The lowest BCUT2D eigenvalue weighted by Crippen LogP contribution is -2.60. The van der Waals surface area contributed by atoms with Gasteiger partial charge in [-0.05, 0) is 18.8 Å². The van der Waals surface area contributed by atoms with Crippen molar-refractivity contribution in [2.24, 2.45) is 11.8 Å². The first-order valence-corrected chi connectivity index (χ1v) is 12.3. The monoisotopic (exact) mass is 882 g/mol. The minimum Gasteiger partial charge on any atom is -0.456 e. The van der Waals surface area contributed by atoms with Crippen LogP contribution in [0.2, 0.25) is 0 Å². The number of ether oxygens (including phenoxy) is 5. The Kier molecular flexibility index (Phi) is 56.5. The highest BCUT2D eigenvalue weighted by molar-refractivity contribution is 7.60. The molecule has 12 atom stereocenters. The molecule has 0 bridgehead atoms. The number of esters is 3. The van der Waals surface area contributed by atoms with Crippen LogP contribution in [0.4, 0.5) is 8.78 Å². The predicted molar refractivity (Wildman–Crippen MR) is 227 cm³/mol. The summed E-state index contributed by atoms with van der Waals surface area (Å²) in [5, 5.41) is 28.5. The third-order valence-corrected chi connectivity index (χ3v) is 6.39. The van der Waals surface area contributed by atoms with Gasteiger partial charge in [-0.3, -0.25) is 14.4 Å². The second kappa shape index (κ2) is 36.0. The van der Waals surface area contributed by atoms with E-state index < -0.39 is 79.5 Å². The summed E-state index contributed by atoms with van der Waals surface area (Å²) in [5.74, 6) is -2.10. The van der Waals surface area contributed by atoms with Crippen molar-refractivity contribution in [1.82, 2.24) is 0 Å². The number of hydrogen-bond acceptors (Lipinski definition) is 11. The SMILES string of the molecule is CC[C@H](F)C1OC(OC(C)=O)C(O)[C@@H](O)[C@@H]1O.CC[C@H](F)C1OC(OC(C)=O)C(OC(C)=O)[C@@H](C)[C@@H]1C.S.S.S.S.S.S.S.S.S.S. The maximum atomic E-state index is 14.0. The Labute approximate surface area is 347 Å². The summed E-state index contributed by atoms with van der Waals surface area (Å²) in [4.78, 5) is 33.1. The average Bonchev–Trinajstić information content (AvgIpc) is 2.82. The molecule has 6 unspecified atom stereocenters. The number of halogens is 2. The van der Waals surface area contributed by atoms with Crippen LogP contribution in [0.25, 0.3) is 0 Å². The fourth-order valence-electron chi connectivity index (χ4n) is 4.13. The minimum atomic E-state index is -1.62. The normalized spacial score (nSPS) is 29.4. The van der Waals surface area contributed by atoms with Crippen molar-refractivity contribution in [3.63, 3.8) is 0 Å². The molecule has 0 aromatic rings. The summed E-state index contributed by atoms with van der Waals surface area (Å²) in [6, 6.07) is 0. The van der Waals surface area contributed by atoms with E-state index in [1.54, 1.807) is 13.8 Å². The predicted octanol–water partition coefficient (Wildman–Crippen LogP) is 2.46. The van der Waals surface area contributed by atoms with Crippen molar-refractivity contribution in [2.45, 2.75) is 123 Å². The number of aliphatic hydroxyl groups is 3. The van der Waals surface area contributed by atoms with Gasteiger partial charge in [0.25, 0.3) is 0 Å². The van der Waals surface area contributed by atoms with Crippen LogP contribution in [-0.4, -0.2) is 94.8 Å². The van der Waals surface area contributed by atoms with Gasteiger partial charge in [-0.2, -0.15) is 135 Å². The topological polar surface area (TPSA) is 158 Å². The van der Waals surface area contributed by atoms with Crippen LogP contribution in [0.5, 0.6) is 0 Å². The van der Waals surface area contributed by atoms with E-state index >= 15 is 0 Å². The first-order valence-electron chi connectivity index (χ1n) is 12.3. The molecular weight excluding hydrogens is 823 g/mol. The average molecular weight is 883 g/mol. The van der Waals surface area contributed by atoms with E-state index in [2.05, 4.69) is 4.74 Å². The van der Waals surface area contributed by atoms with Crippen molar-refractivity contribution >= 4 is 153 Å². The van der Waals surface area contributed by atoms with Gasteiger partial charge < -0.3 is 39.0 Å². The number of carbonyl (C=O) groups excluding carboxylic acids is 3. The van der Waals surface area contributed by atoms with Gasteiger partial charge in [0.15, 0.2) is 6.10 Å². The quantitative estimate of drug-likeness (QED) is 0.255. The molecule has 296 valence electrons. The van der Waals surface area contributed by atoms with Crippen LogP contribution >= 0.6 is 135 Å². The second-order valence-electron chi connectivity index (χ2n) is 9.27. The third kappa shape index (κ3) is 23.0. The number of hydrogen-bond donors (Lipinski definition) is 3. The molecule has 0 radical (unpaired) electrons. The van der Waals surface area contributed by atoms with E-state index in [9.17, 15) is 38.5 Å². The lowest BCUT2D eigenvalue weighted by Gasteiger charge is -2.44. The largest absolute Gasteiger partial charge is 0.456 e. The Hall–Kier alpha value is 1.57. The second-order valence-corrected chi connectivity index (χ2v) is 9.27. The molecule has 0 amide bonds. The third-order valence-electron chi connectivity index (χ3n) is 6.39. The van der Waals surface area contributed by atoms with E-state index in [0.29, 0.717) is 6.42 Å². The van der Waals surface area contributed by atoms with Gasteiger partial charge >= 0.3 is 17.9 Å². The fraction of sp³-hybridized carbons (Fsp3) is 0.875. The van der Waals surface area contributed by atoms with Crippen molar-refractivity contribution in [3.05, 3.63) is 0 Å². The van der Waals surface area contributed by atoms with Crippen LogP contribution in [0.15, 0.2) is 0 Å². The van der Waals surface area contributed by atoms with Crippen LogP contribution in [-0.2, 0) is 38.1 Å². The zero-order valence-corrected chi connectivity index (χ0v) is 37.2. The van der Waals surface area contributed by atoms with E-state index in [4.69, 9.17) is 18.9 Å². The Morgan fingerprint density at radius 1 is 0.574 bits per heavy atom. The Morgan fingerprint density at radius 3 is 1.28 bits per heavy atom. The minimum absolute atomic E-state index is 0. The van der Waals surface area contributed by atoms with E-state index in [-0.39, 0.29) is 153 Å². The molecule has 2 aliphatic heterocycles. The molecule has 0 saturated carbocycles. The molecule has 2 rings (SSSR count). The zero-order valence-electron chi connectivity index (χ0n) is 27.2. The molecule has 0 aliphatic carbocycles. The first-order chi connectivity index (χ1) is 17.2. The lowest BCUT2D eigenvalue weighted by atomic mass is 9.81. The van der Waals surface area contributed by atoms with Crippen LogP contribution in [0.1, 0.15) is 61.3 Å². The van der Waals surface area contributed by atoms with Crippen molar-refractivity contribution in [2.75, 3.05) is 0 Å². The van der Waals surface area contributed by atoms with Gasteiger partial charge in [-0.15, -0.1) is 0 Å². The molecule has 2 heterocycles. The summed E-state index contributed by atoms with van der Waals surface area (Å²) in [6.07, 6.45) is -12.3. The van der Waals surface area contributed by atoms with Crippen molar-refractivity contribution in [3.8, 4) is 0 Å². The van der Waals surface area contributed by atoms with Gasteiger partial charge in [0.1, 0.15) is 36.8 Å². The maximum absolute atomic E-state index is 14.0. The smallest absolute Gasteiger partial charge is 0.305 e. The first kappa shape index (κ1) is 73.9. The highest BCUT2D eigenvalue weighted by atomic mass is 32.1. The molecule has 0 aromatic heterocycles. The summed E-state index contributed by atoms with van der Waals surface area (Å²) < 4.78 is 52.8. The Morgan fingerprint density at radius 2 is 0.915 bits per heavy atom. The molecule has 3 N–H and O–H groups in total. The Bertz CT molecular complexity index is 789. The molecule has 23 heteroatoms. The van der Waals surface area contributed by atoms with Gasteiger partial charge in [-0.1, -0.05) is 27.7 Å². The van der Waals surface area contributed by atoms with Gasteiger partial charge in [0.2, 0.25) is 12.6 Å². The summed E-state index contributed by atoms with van der Waals surface area (Å²) in [5.41, 5.74) is 0. The maximum Gasteiger partial charge on any atom is 0.305 e. The van der Waals surface area contributed by atoms with Gasteiger partial charge in [-0.25, -0.2) is 8.78 Å². The van der Waals surface area contributed by atoms with Crippen molar-refractivity contribution < 1.29 is 62.2 Å². The van der Waals surface area contributed by atoms with Crippen LogP contribution in [0, 0.1) is 11.8 Å². The van der Waals surface area contributed by atoms with Crippen LogP contribution < -0.4 is 0 Å². The molecule has 2 aliphatic rings. The highest BCUT2D eigenvalue weighted by Crippen LogP contribution is 2.36. The number of aliphatic hydroxyl groups excluding tert-OH is 3. The molecule has 0 spiro atoms. The standard InChI is InChI=1S/C14H23FO5.C10H17FO6.10H2S/c1-6-11(15)12-7(2)8(3)13(18-9(4)16)14(20-12)19-10(5)17;1-3-5(11)9-7(14)6(13)8(15)10(17-9)16-4(2)12;;;;;;;;;;/h7-8,11-14H,6H2,1-5H3;5-10,13-15H,3H2,1-2H3;10*1H2/t7-,8-,11-,12?,13?,14?;5-,6-,7-,8?,9?,10?;;;;;;;;;;/m00........../s1. The van der Waals surface area contributed by atoms with E-state index in [1.807, 2.05) is 13.8 Å². The van der Waals surface area contributed by atoms with Crippen LogP contribution in [0.3, 0.4) is 0 Å². The Balaban J connectivity index is -0.0000000605. The summed E-state index contributed by atoms with van der Waals surface area (Å²) in [7, 11) is 0. The van der Waals surface area contributed by atoms with Gasteiger partial charge in [0, 0.05) is 26.7 Å². The number of rotatable bonds is 7. The lowest BCUT2D eigenvalue weighted by molar-refractivity contribution is -0.296. The number of alkyl halides is 2. The van der Waals surface area contributed by atoms with Gasteiger partial charge in [0.05, 0.1) is 6.10 Å². The molecule has 11 nitrogen and oxygen atoms in total. The summed E-state index contributed by atoms with van der Waals surface area (Å²) >= 11 is 0. The highest BCUT2D eigenvalue weighted by Gasteiger charge is 2.48. The molecule has 0 aromatic carbocycles. The van der Waals surface area contributed by atoms with E-state index in [0.717, 1.165) is 6.92 Å². The van der Waals surface area contributed by atoms with Crippen molar-refractivity contribution in [1.29, 1.82) is 0 Å². The van der Waals surface area contributed by atoms with E-state index in [1.165, 1.54) is 13.8 Å². The molecule has 2 saturated heterocycles. The zero-order chi connectivity index (χ0) is 28.6. The molecule has 47 heavy (non-hydrogen) atoms.